The maximum Gasteiger partial charge on any atom is 0.335 e. The van der Waals surface area contributed by atoms with Crippen LogP contribution in [0.4, 0.5) is 22.0 Å². The number of urea groups is 1. The van der Waals surface area contributed by atoms with Gasteiger partial charge < -0.3 is 5.11 Å². The van der Waals surface area contributed by atoms with Crippen molar-refractivity contribution >= 4 is 49.0 Å². The number of aliphatic hydroxyl groups excluding tert-OH is 1. The molecule has 3 aromatic rings. The minimum atomic E-state index is -3.67. The maximum absolute atomic E-state index is 13.6. The van der Waals surface area contributed by atoms with E-state index < -0.39 is 15.9 Å². The maximum atomic E-state index is 13.6. The lowest BCUT2D eigenvalue weighted by atomic mass is 10.1. The third-order valence-corrected chi connectivity index (χ3v) is 6.14. The largest absolute Gasteiger partial charge is 0.392 e. The third kappa shape index (κ3) is 3.69. The van der Waals surface area contributed by atoms with Crippen molar-refractivity contribution in [3.63, 3.8) is 0 Å². The molecule has 2 heterocycles. The molecule has 1 aliphatic heterocycles. The Kier molecular flexibility index (Phi) is 5.31. The number of hydrogen-bond acceptors (Lipinski definition) is 6. The van der Waals surface area contributed by atoms with Gasteiger partial charge in [-0.2, -0.15) is 4.98 Å². The first-order valence-corrected chi connectivity index (χ1v) is 11.6. The summed E-state index contributed by atoms with van der Waals surface area (Å²) >= 11 is 3.48. The number of rotatable bonds is 4. The van der Waals surface area contributed by atoms with Crippen LogP contribution in [0.5, 0.6) is 0 Å². The van der Waals surface area contributed by atoms with Gasteiger partial charge in [0.05, 0.1) is 24.5 Å². The van der Waals surface area contributed by atoms with Gasteiger partial charge in [-0.3, -0.25) is 4.90 Å². The molecule has 0 unspecified atom stereocenters. The minimum Gasteiger partial charge on any atom is -0.392 e. The van der Waals surface area contributed by atoms with Crippen molar-refractivity contribution in [2.24, 2.45) is 0 Å². The number of sulfone groups is 1. The number of carbonyl (C=O) groups is 1. The summed E-state index contributed by atoms with van der Waals surface area (Å²) in [4.78, 5) is 24.6. The highest BCUT2D eigenvalue weighted by Gasteiger charge is 2.35. The fourth-order valence-corrected chi connectivity index (χ4v) is 4.20. The number of nitrogens with zero attached hydrogens (tertiary/aromatic N) is 4. The Hall–Kier alpha value is -2.82. The molecule has 1 aliphatic rings. The molecule has 30 heavy (non-hydrogen) atoms. The van der Waals surface area contributed by atoms with E-state index in [4.69, 9.17) is 0 Å². The van der Waals surface area contributed by atoms with Crippen LogP contribution in [0.2, 0.25) is 0 Å². The molecule has 10 heteroatoms. The van der Waals surface area contributed by atoms with Crippen molar-refractivity contribution < 1.29 is 18.3 Å². The first kappa shape index (κ1) is 20.5. The van der Waals surface area contributed by atoms with E-state index in [2.05, 4.69) is 25.9 Å². The predicted octanol–water partition coefficient (Wildman–Crippen LogP) is 3.41. The van der Waals surface area contributed by atoms with E-state index in [1.165, 1.54) is 11.1 Å². The Morgan fingerprint density at radius 3 is 2.63 bits per heavy atom. The first-order valence-electron chi connectivity index (χ1n) is 8.91. The molecule has 1 N–H and O–H groups in total. The van der Waals surface area contributed by atoms with Crippen LogP contribution in [-0.4, -0.2) is 35.8 Å². The highest BCUT2D eigenvalue weighted by Crippen LogP contribution is 2.38. The summed E-state index contributed by atoms with van der Waals surface area (Å²) in [6.07, 6.45) is 2.45. The van der Waals surface area contributed by atoms with Gasteiger partial charge in [0.1, 0.15) is 0 Å². The van der Waals surface area contributed by atoms with Crippen molar-refractivity contribution in [1.29, 1.82) is 0 Å². The standard InChI is InChI=1S/C20H17BrN4O4S/c1-30(28,29)19-22-10-14-11-24(17-8-3-2-7-16(17)21)20(27)25(18(14)23-19)15-6-4-5-13(9-15)12-26/h2-10,26H,11-12H2,1H3. The van der Waals surface area contributed by atoms with Gasteiger partial charge in [-0.25, -0.2) is 23.1 Å². The average molecular weight is 489 g/mol. The summed E-state index contributed by atoms with van der Waals surface area (Å²) in [5.41, 5.74) is 2.32. The minimum absolute atomic E-state index is 0.178. The number of aromatic nitrogens is 2. The summed E-state index contributed by atoms with van der Waals surface area (Å²) in [5, 5.41) is 9.16. The van der Waals surface area contributed by atoms with Gasteiger partial charge in [-0.1, -0.05) is 24.3 Å². The second kappa shape index (κ2) is 7.78. The average Bonchev–Trinajstić information content (AvgIpc) is 2.73. The van der Waals surface area contributed by atoms with Crippen LogP contribution >= 0.6 is 15.9 Å². The Balaban J connectivity index is 1.93. The van der Waals surface area contributed by atoms with Crippen LogP contribution < -0.4 is 9.80 Å². The van der Waals surface area contributed by atoms with Gasteiger partial charge in [0.25, 0.3) is 0 Å². The Morgan fingerprint density at radius 1 is 1.17 bits per heavy atom. The van der Waals surface area contributed by atoms with E-state index in [9.17, 15) is 18.3 Å². The quantitative estimate of drug-likeness (QED) is 0.564. The van der Waals surface area contributed by atoms with Gasteiger partial charge >= 0.3 is 6.03 Å². The summed E-state index contributed by atoms with van der Waals surface area (Å²) in [6, 6.07) is 13.7. The first-order chi connectivity index (χ1) is 14.3. The van der Waals surface area contributed by atoms with Crippen LogP contribution in [0, 0.1) is 0 Å². The highest BCUT2D eigenvalue weighted by atomic mass is 79.9. The molecular weight excluding hydrogens is 472 g/mol. The molecule has 2 amide bonds. The second-order valence-corrected chi connectivity index (χ2v) is 9.52. The number of aliphatic hydroxyl groups is 1. The lowest BCUT2D eigenvalue weighted by molar-refractivity contribution is 0.252. The lowest BCUT2D eigenvalue weighted by Gasteiger charge is -2.36. The zero-order valence-corrected chi connectivity index (χ0v) is 18.3. The number of para-hydroxylation sites is 1. The number of benzene rings is 2. The molecule has 1 aromatic heterocycles. The van der Waals surface area contributed by atoms with Crippen LogP contribution in [-0.2, 0) is 23.0 Å². The predicted molar refractivity (Wildman–Crippen MR) is 115 cm³/mol. The van der Waals surface area contributed by atoms with Crippen LogP contribution in [0.1, 0.15) is 11.1 Å². The normalized spacial score (nSPS) is 14.0. The summed E-state index contributed by atoms with van der Waals surface area (Å²) in [6.45, 7) is -0.0218. The Labute approximate surface area is 181 Å². The van der Waals surface area contributed by atoms with E-state index in [0.717, 1.165) is 10.7 Å². The number of fused-ring (bicyclic) bond motifs is 1. The number of anilines is 3. The molecule has 8 nitrogen and oxygen atoms in total. The molecule has 4 rings (SSSR count). The van der Waals surface area contributed by atoms with Gasteiger partial charge in [-0.05, 0) is 45.8 Å². The molecule has 0 fully saturated rings. The lowest BCUT2D eigenvalue weighted by Crippen LogP contribution is -2.45. The fraction of sp³-hybridized carbons (Fsp3) is 0.150. The molecule has 0 atom stereocenters. The SMILES string of the molecule is CS(=O)(=O)c1ncc2c(n1)N(c1cccc(CO)c1)C(=O)N(c1ccccc1Br)C2. The second-order valence-electron chi connectivity index (χ2n) is 6.76. The zero-order chi connectivity index (χ0) is 21.5. The number of halogens is 1. The summed E-state index contributed by atoms with van der Waals surface area (Å²) in [7, 11) is -3.67. The zero-order valence-electron chi connectivity index (χ0n) is 15.9. The number of amides is 2. The number of carbonyl (C=O) groups excluding carboxylic acids is 1. The molecule has 2 aromatic carbocycles. The van der Waals surface area contributed by atoms with Crippen molar-refractivity contribution in [3.05, 3.63) is 70.3 Å². The fourth-order valence-electron chi connectivity index (χ4n) is 3.20. The van der Waals surface area contributed by atoms with Gasteiger partial charge in [-0.15, -0.1) is 0 Å². The van der Waals surface area contributed by atoms with E-state index >= 15 is 0 Å². The van der Waals surface area contributed by atoms with Gasteiger partial charge in [0.15, 0.2) is 5.82 Å². The third-order valence-electron chi connectivity index (χ3n) is 4.61. The highest BCUT2D eigenvalue weighted by molar-refractivity contribution is 9.10. The van der Waals surface area contributed by atoms with Crippen LogP contribution in [0.25, 0.3) is 0 Å². The number of hydrogen-bond donors (Lipinski definition) is 1. The van der Waals surface area contributed by atoms with Crippen molar-refractivity contribution in [3.8, 4) is 0 Å². The van der Waals surface area contributed by atoms with E-state index in [1.807, 2.05) is 18.2 Å². The molecule has 154 valence electrons. The molecule has 0 spiro atoms. The smallest absolute Gasteiger partial charge is 0.335 e. The van der Waals surface area contributed by atoms with E-state index in [-0.39, 0.29) is 24.1 Å². The topological polar surface area (TPSA) is 104 Å². The molecular formula is C20H17BrN4O4S. The van der Waals surface area contributed by atoms with Gasteiger partial charge in [0.2, 0.25) is 15.0 Å². The van der Waals surface area contributed by atoms with E-state index in [0.29, 0.717) is 22.5 Å². The summed E-state index contributed by atoms with van der Waals surface area (Å²) in [5.74, 6) is 0.203. The Bertz CT molecular complexity index is 1250. The summed E-state index contributed by atoms with van der Waals surface area (Å²) < 4.78 is 24.7. The van der Waals surface area contributed by atoms with Crippen molar-refractivity contribution in [2.45, 2.75) is 18.3 Å². The Morgan fingerprint density at radius 2 is 1.93 bits per heavy atom. The van der Waals surface area contributed by atoms with Crippen molar-refractivity contribution in [2.75, 3.05) is 16.1 Å². The molecule has 0 bridgehead atoms. The molecule has 0 radical (unpaired) electrons. The van der Waals surface area contributed by atoms with Crippen LogP contribution in [0.3, 0.4) is 0 Å². The monoisotopic (exact) mass is 488 g/mol. The molecule has 0 aliphatic carbocycles. The van der Waals surface area contributed by atoms with Crippen LogP contribution in [0.15, 0.2) is 64.4 Å². The van der Waals surface area contributed by atoms with E-state index in [1.54, 1.807) is 35.2 Å². The van der Waals surface area contributed by atoms with Crippen molar-refractivity contribution in [1.82, 2.24) is 9.97 Å². The van der Waals surface area contributed by atoms with Gasteiger partial charge in [0, 0.05) is 22.5 Å². The molecule has 0 saturated carbocycles. The molecule has 0 saturated heterocycles.